The quantitative estimate of drug-likeness (QED) is 0.894. The van der Waals surface area contributed by atoms with Crippen LogP contribution in [-0.2, 0) is 0 Å². The number of benzene rings is 1. The van der Waals surface area contributed by atoms with Crippen LogP contribution in [-0.4, -0.2) is 16.7 Å². The molecule has 1 heterocycles. The van der Waals surface area contributed by atoms with E-state index < -0.39 is 0 Å². The Morgan fingerprint density at radius 2 is 1.94 bits per heavy atom. The highest BCUT2D eigenvalue weighted by Gasteiger charge is 2.12. The SMILES string of the molecule is CCCNC(C)c1nnc(-c2ccc(C)cc2)s1. The van der Waals surface area contributed by atoms with E-state index in [-0.39, 0.29) is 6.04 Å². The summed E-state index contributed by atoms with van der Waals surface area (Å²) >= 11 is 1.67. The number of rotatable bonds is 5. The third-order valence-corrected chi connectivity index (χ3v) is 3.97. The Morgan fingerprint density at radius 1 is 1.22 bits per heavy atom. The summed E-state index contributed by atoms with van der Waals surface area (Å²) in [5, 5.41) is 14.0. The fourth-order valence-electron chi connectivity index (χ4n) is 1.67. The van der Waals surface area contributed by atoms with Gasteiger partial charge in [-0.15, -0.1) is 10.2 Å². The Labute approximate surface area is 112 Å². The smallest absolute Gasteiger partial charge is 0.147 e. The normalized spacial score (nSPS) is 12.6. The van der Waals surface area contributed by atoms with Gasteiger partial charge >= 0.3 is 0 Å². The summed E-state index contributed by atoms with van der Waals surface area (Å²) in [4.78, 5) is 0. The van der Waals surface area contributed by atoms with Gasteiger partial charge in [0.1, 0.15) is 10.0 Å². The maximum atomic E-state index is 4.27. The van der Waals surface area contributed by atoms with Crippen molar-refractivity contribution in [2.24, 2.45) is 0 Å². The molecule has 0 aliphatic carbocycles. The summed E-state index contributed by atoms with van der Waals surface area (Å²) in [5.74, 6) is 0. The third-order valence-electron chi connectivity index (χ3n) is 2.81. The van der Waals surface area contributed by atoms with Gasteiger partial charge in [-0.2, -0.15) is 0 Å². The van der Waals surface area contributed by atoms with E-state index >= 15 is 0 Å². The topological polar surface area (TPSA) is 37.8 Å². The first-order valence-electron chi connectivity index (χ1n) is 6.34. The molecule has 0 aliphatic rings. The fraction of sp³-hybridized carbons (Fsp3) is 0.429. The van der Waals surface area contributed by atoms with Crippen molar-refractivity contribution in [1.82, 2.24) is 15.5 Å². The third kappa shape index (κ3) is 3.15. The lowest BCUT2D eigenvalue weighted by Crippen LogP contribution is -2.18. The standard InChI is InChI=1S/C14H19N3S/c1-4-9-15-11(3)13-16-17-14(18-13)12-7-5-10(2)6-8-12/h5-8,11,15H,4,9H2,1-3H3. The maximum absolute atomic E-state index is 4.27. The fourth-order valence-corrected chi connectivity index (χ4v) is 2.55. The molecule has 0 fully saturated rings. The minimum Gasteiger partial charge on any atom is -0.308 e. The van der Waals surface area contributed by atoms with E-state index in [4.69, 9.17) is 0 Å². The van der Waals surface area contributed by atoms with Gasteiger partial charge in [-0.3, -0.25) is 0 Å². The molecular formula is C14H19N3S. The lowest BCUT2D eigenvalue weighted by Gasteiger charge is -2.08. The summed E-state index contributed by atoms with van der Waals surface area (Å²) in [6, 6.07) is 8.69. The number of aromatic nitrogens is 2. The molecule has 1 unspecified atom stereocenters. The Balaban J connectivity index is 2.12. The Bertz CT molecular complexity index is 490. The molecule has 96 valence electrons. The van der Waals surface area contributed by atoms with Crippen molar-refractivity contribution < 1.29 is 0 Å². The predicted molar refractivity (Wildman–Crippen MR) is 76.8 cm³/mol. The van der Waals surface area contributed by atoms with E-state index in [2.05, 4.69) is 60.6 Å². The molecule has 0 saturated heterocycles. The highest BCUT2D eigenvalue weighted by atomic mass is 32.1. The van der Waals surface area contributed by atoms with Crippen molar-refractivity contribution in [2.45, 2.75) is 33.2 Å². The molecule has 1 atom stereocenters. The molecule has 0 bridgehead atoms. The zero-order valence-corrected chi connectivity index (χ0v) is 11.9. The lowest BCUT2D eigenvalue weighted by atomic mass is 10.2. The molecule has 18 heavy (non-hydrogen) atoms. The highest BCUT2D eigenvalue weighted by molar-refractivity contribution is 7.14. The molecule has 2 rings (SSSR count). The molecule has 0 amide bonds. The van der Waals surface area contributed by atoms with E-state index in [9.17, 15) is 0 Å². The molecule has 0 radical (unpaired) electrons. The summed E-state index contributed by atoms with van der Waals surface area (Å²) in [7, 11) is 0. The van der Waals surface area contributed by atoms with Gasteiger partial charge in [-0.05, 0) is 26.8 Å². The van der Waals surface area contributed by atoms with Crippen LogP contribution in [0.5, 0.6) is 0 Å². The van der Waals surface area contributed by atoms with Gasteiger partial charge < -0.3 is 5.32 Å². The Morgan fingerprint density at radius 3 is 2.61 bits per heavy atom. The number of nitrogens with zero attached hydrogens (tertiary/aromatic N) is 2. The molecule has 0 spiro atoms. The van der Waals surface area contributed by atoms with E-state index in [1.807, 2.05) is 0 Å². The van der Waals surface area contributed by atoms with Crippen LogP contribution in [0, 0.1) is 6.92 Å². The number of hydrogen-bond acceptors (Lipinski definition) is 4. The van der Waals surface area contributed by atoms with Gasteiger partial charge in [0.2, 0.25) is 0 Å². The minimum atomic E-state index is 0.279. The number of nitrogens with one attached hydrogen (secondary N) is 1. The molecule has 0 aliphatic heterocycles. The maximum Gasteiger partial charge on any atom is 0.147 e. The van der Waals surface area contributed by atoms with Crippen molar-refractivity contribution in [3.63, 3.8) is 0 Å². The zero-order chi connectivity index (χ0) is 13.0. The number of hydrogen-bond donors (Lipinski definition) is 1. The second kappa shape index (κ2) is 6.07. The average Bonchev–Trinajstić information content (AvgIpc) is 2.86. The highest BCUT2D eigenvalue weighted by Crippen LogP contribution is 2.26. The summed E-state index contributed by atoms with van der Waals surface area (Å²) < 4.78 is 0. The molecule has 3 nitrogen and oxygen atoms in total. The van der Waals surface area contributed by atoms with Gasteiger partial charge in [0.15, 0.2) is 0 Å². The molecule has 1 N–H and O–H groups in total. The van der Waals surface area contributed by atoms with Crippen molar-refractivity contribution in [2.75, 3.05) is 6.54 Å². The van der Waals surface area contributed by atoms with Gasteiger partial charge in [-0.1, -0.05) is 48.1 Å². The monoisotopic (exact) mass is 261 g/mol. The first-order chi connectivity index (χ1) is 8.70. The summed E-state index contributed by atoms with van der Waals surface area (Å²) in [6.07, 6.45) is 1.13. The van der Waals surface area contributed by atoms with E-state index in [1.165, 1.54) is 5.56 Å². The Kier molecular flexibility index (Phi) is 4.44. The molecule has 0 saturated carbocycles. The molecular weight excluding hydrogens is 242 g/mol. The molecule has 1 aromatic carbocycles. The van der Waals surface area contributed by atoms with Crippen LogP contribution in [0.2, 0.25) is 0 Å². The molecule has 4 heteroatoms. The van der Waals surface area contributed by atoms with Crippen LogP contribution in [0.25, 0.3) is 10.6 Å². The van der Waals surface area contributed by atoms with Crippen LogP contribution < -0.4 is 5.32 Å². The second-order valence-electron chi connectivity index (χ2n) is 4.49. The van der Waals surface area contributed by atoms with Crippen LogP contribution in [0.4, 0.5) is 0 Å². The summed E-state index contributed by atoms with van der Waals surface area (Å²) in [6.45, 7) is 7.40. The average molecular weight is 261 g/mol. The lowest BCUT2D eigenvalue weighted by molar-refractivity contribution is 0.564. The molecule has 1 aromatic heterocycles. The largest absolute Gasteiger partial charge is 0.308 e. The van der Waals surface area contributed by atoms with Gasteiger partial charge in [0.25, 0.3) is 0 Å². The van der Waals surface area contributed by atoms with Gasteiger partial charge in [0.05, 0.1) is 6.04 Å². The van der Waals surface area contributed by atoms with Crippen molar-refractivity contribution in [3.05, 3.63) is 34.8 Å². The number of aryl methyl sites for hydroxylation is 1. The van der Waals surface area contributed by atoms with E-state index in [0.717, 1.165) is 28.5 Å². The summed E-state index contributed by atoms with van der Waals surface area (Å²) in [5.41, 5.74) is 2.41. The van der Waals surface area contributed by atoms with Crippen LogP contribution in [0.3, 0.4) is 0 Å². The first-order valence-corrected chi connectivity index (χ1v) is 7.16. The van der Waals surface area contributed by atoms with Crippen molar-refractivity contribution >= 4 is 11.3 Å². The van der Waals surface area contributed by atoms with Crippen LogP contribution in [0.1, 0.15) is 36.9 Å². The van der Waals surface area contributed by atoms with Gasteiger partial charge in [-0.25, -0.2) is 0 Å². The van der Waals surface area contributed by atoms with Crippen LogP contribution >= 0.6 is 11.3 Å². The molecule has 2 aromatic rings. The van der Waals surface area contributed by atoms with Crippen molar-refractivity contribution in [1.29, 1.82) is 0 Å². The van der Waals surface area contributed by atoms with E-state index in [1.54, 1.807) is 11.3 Å². The predicted octanol–water partition coefficient (Wildman–Crippen LogP) is 3.57. The first kappa shape index (κ1) is 13.2. The van der Waals surface area contributed by atoms with Gasteiger partial charge in [0, 0.05) is 5.56 Å². The second-order valence-corrected chi connectivity index (χ2v) is 5.50. The minimum absolute atomic E-state index is 0.279. The van der Waals surface area contributed by atoms with Crippen molar-refractivity contribution in [3.8, 4) is 10.6 Å². The zero-order valence-electron chi connectivity index (χ0n) is 11.1. The van der Waals surface area contributed by atoms with Crippen LogP contribution in [0.15, 0.2) is 24.3 Å². The Hall–Kier alpha value is -1.26. The van der Waals surface area contributed by atoms with E-state index in [0.29, 0.717) is 0 Å².